The van der Waals surface area contributed by atoms with Gasteiger partial charge >= 0.3 is 5.97 Å². The Labute approximate surface area is 97.6 Å². The largest absolute Gasteiger partial charge is 0.480 e. The maximum atomic E-state index is 10.6. The van der Waals surface area contributed by atoms with Gasteiger partial charge in [-0.3, -0.25) is 14.9 Å². The topological polar surface area (TPSA) is 83.7 Å². The maximum absolute atomic E-state index is 10.6. The van der Waals surface area contributed by atoms with E-state index >= 15 is 0 Å². The number of hydrogen-bond donors (Lipinski definition) is 1. The molecule has 0 heterocycles. The number of anilines is 1. The number of aliphatic carboxylic acids is 1. The van der Waals surface area contributed by atoms with E-state index in [0.717, 1.165) is 0 Å². The first-order valence-corrected chi connectivity index (χ1v) is 4.69. The summed E-state index contributed by atoms with van der Waals surface area (Å²) in [6, 6.07) is 5.55. The molecule has 0 unspecified atom stereocenters. The zero-order valence-corrected chi connectivity index (χ0v) is 8.87. The minimum absolute atomic E-state index is 0.0512. The summed E-state index contributed by atoms with van der Waals surface area (Å²) in [5.41, 5.74) is 0.487. The number of nitro benzene ring substituents is 1. The molecule has 0 amide bonds. The number of nitro groups is 1. The molecule has 0 saturated heterocycles. The van der Waals surface area contributed by atoms with E-state index in [1.165, 1.54) is 29.2 Å². The van der Waals surface area contributed by atoms with Gasteiger partial charge in [0.2, 0.25) is 0 Å². The van der Waals surface area contributed by atoms with E-state index in [0.29, 0.717) is 5.69 Å². The molecule has 88 valence electrons. The molecule has 6 heteroatoms. The first-order chi connectivity index (χ1) is 8.04. The van der Waals surface area contributed by atoms with Gasteiger partial charge in [0.1, 0.15) is 6.54 Å². The van der Waals surface area contributed by atoms with Crippen molar-refractivity contribution >= 4 is 17.3 Å². The number of rotatable bonds is 5. The van der Waals surface area contributed by atoms with Gasteiger partial charge in [-0.1, -0.05) is 5.92 Å². The van der Waals surface area contributed by atoms with Gasteiger partial charge in [-0.2, -0.15) is 0 Å². The van der Waals surface area contributed by atoms with Crippen molar-refractivity contribution in [1.29, 1.82) is 0 Å². The molecule has 0 aliphatic heterocycles. The summed E-state index contributed by atoms with van der Waals surface area (Å²) in [5, 5.41) is 19.1. The molecule has 1 aromatic carbocycles. The lowest BCUT2D eigenvalue weighted by molar-refractivity contribution is -0.384. The molecule has 6 nitrogen and oxygen atoms in total. The zero-order valence-electron chi connectivity index (χ0n) is 8.87. The van der Waals surface area contributed by atoms with Crippen LogP contribution < -0.4 is 4.90 Å². The molecule has 0 atom stereocenters. The van der Waals surface area contributed by atoms with Crippen LogP contribution >= 0.6 is 0 Å². The molecule has 0 radical (unpaired) electrons. The molecule has 0 aliphatic rings. The molecule has 0 aromatic heterocycles. The van der Waals surface area contributed by atoms with Gasteiger partial charge in [0, 0.05) is 17.8 Å². The fraction of sp³-hybridized carbons (Fsp3) is 0.182. The van der Waals surface area contributed by atoms with Crippen LogP contribution in [0.5, 0.6) is 0 Å². The molecular formula is C11H10N2O4. The number of hydrogen-bond acceptors (Lipinski definition) is 4. The van der Waals surface area contributed by atoms with E-state index in [1.54, 1.807) is 0 Å². The lowest BCUT2D eigenvalue weighted by Crippen LogP contribution is -2.29. The molecule has 1 aromatic rings. The standard InChI is InChI=1S/C11H10N2O4/c1-2-7-12(8-11(14)15)9-3-5-10(6-4-9)13(16)17/h1,3-6H,7-8H2,(H,14,15). The average Bonchev–Trinajstić information content (AvgIpc) is 2.28. The summed E-state index contributed by atoms with van der Waals surface area (Å²) < 4.78 is 0. The Kier molecular flexibility index (Phi) is 4.06. The summed E-state index contributed by atoms with van der Waals surface area (Å²) in [7, 11) is 0. The SMILES string of the molecule is C#CCN(CC(=O)O)c1ccc([N+](=O)[O-])cc1. The first kappa shape index (κ1) is 12.5. The second-order valence-corrected chi connectivity index (χ2v) is 3.23. The van der Waals surface area contributed by atoms with E-state index in [-0.39, 0.29) is 18.8 Å². The van der Waals surface area contributed by atoms with Crippen molar-refractivity contribution in [3.05, 3.63) is 34.4 Å². The number of non-ortho nitro benzene ring substituents is 1. The highest BCUT2D eigenvalue weighted by molar-refractivity contribution is 5.74. The first-order valence-electron chi connectivity index (χ1n) is 4.69. The van der Waals surface area contributed by atoms with Crippen molar-refractivity contribution in [2.75, 3.05) is 18.0 Å². The number of terminal acetylenes is 1. The van der Waals surface area contributed by atoms with Gasteiger partial charge < -0.3 is 10.0 Å². The molecule has 0 spiro atoms. The van der Waals surface area contributed by atoms with Crippen molar-refractivity contribution < 1.29 is 14.8 Å². The number of nitrogens with zero attached hydrogens (tertiary/aromatic N) is 2. The fourth-order valence-corrected chi connectivity index (χ4v) is 1.30. The predicted octanol–water partition coefficient (Wildman–Crippen LogP) is 1.12. The predicted molar refractivity (Wildman–Crippen MR) is 61.8 cm³/mol. The van der Waals surface area contributed by atoms with Crippen molar-refractivity contribution in [3.63, 3.8) is 0 Å². The molecule has 1 N–H and O–H groups in total. The molecule has 0 aliphatic carbocycles. The van der Waals surface area contributed by atoms with Crippen LogP contribution in [0.15, 0.2) is 24.3 Å². The van der Waals surface area contributed by atoms with Crippen LogP contribution in [0.3, 0.4) is 0 Å². The van der Waals surface area contributed by atoms with Gasteiger partial charge in [0.05, 0.1) is 11.5 Å². The summed E-state index contributed by atoms with van der Waals surface area (Å²) in [4.78, 5) is 22.0. The van der Waals surface area contributed by atoms with E-state index in [4.69, 9.17) is 11.5 Å². The summed E-state index contributed by atoms with van der Waals surface area (Å²) >= 11 is 0. The lowest BCUT2D eigenvalue weighted by Gasteiger charge is -2.19. The Hall–Kier alpha value is -2.55. The minimum atomic E-state index is -1.02. The zero-order chi connectivity index (χ0) is 12.8. The van der Waals surface area contributed by atoms with E-state index < -0.39 is 10.9 Å². The van der Waals surface area contributed by atoms with Crippen molar-refractivity contribution in [2.24, 2.45) is 0 Å². The Morgan fingerprint density at radius 1 is 1.47 bits per heavy atom. The van der Waals surface area contributed by atoms with Crippen LogP contribution in [0.1, 0.15) is 0 Å². The van der Waals surface area contributed by atoms with Crippen LogP contribution in [0.4, 0.5) is 11.4 Å². The van der Waals surface area contributed by atoms with Gasteiger partial charge in [0.25, 0.3) is 5.69 Å². The minimum Gasteiger partial charge on any atom is -0.480 e. The van der Waals surface area contributed by atoms with Gasteiger partial charge in [0.15, 0.2) is 0 Å². The highest BCUT2D eigenvalue weighted by Crippen LogP contribution is 2.18. The van der Waals surface area contributed by atoms with E-state index in [1.807, 2.05) is 0 Å². The Morgan fingerprint density at radius 3 is 2.47 bits per heavy atom. The maximum Gasteiger partial charge on any atom is 0.323 e. The highest BCUT2D eigenvalue weighted by atomic mass is 16.6. The quantitative estimate of drug-likeness (QED) is 0.469. The third-order valence-electron chi connectivity index (χ3n) is 2.03. The number of carbonyl (C=O) groups is 1. The number of carboxylic acid groups (broad SMARTS) is 1. The van der Waals surface area contributed by atoms with Gasteiger partial charge in [-0.15, -0.1) is 6.42 Å². The second-order valence-electron chi connectivity index (χ2n) is 3.23. The fourth-order valence-electron chi connectivity index (χ4n) is 1.30. The lowest BCUT2D eigenvalue weighted by atomic mass is 10.2. The molecule has 0 saturated carbocycles. The van der Waals surface area contributed by atoms with Crippen LogP contribution in [0.25, 0.3) is 0 Å². The summed E-state index contributed by atoms with van der Waals surface area (Å²) in [6.07, 6.45) is 5.13. The van der Waals surface area contributed by atoms with Crippen LogP contribution in [-0.2, 0) is 4.79 Å². The number of benzene rings is 1. The summed E-state index contributed by atoms with van der Waals surface area (Å²) in [6.45, 7) is -0.119. The molecule has 0 bridgehead atoms. The van der Waals surface area contributed by atoms with E-state index in [9.17, 15) is 14.9 Å². The van der Waals surface area contributed by atoms with Crippen molar-refractivity contribution in [2.45, 2.75) is 0 Å². The average molecular weight is 234 g/mol. The monoisotopic (exact) mass is 234 g/mol. The highest BCUT2D eigenvalue weighted by Gasteiger charge is 2.11. The van der Waals surface area contributed by atoms with Gasteiger partial charge in [-0.25, -0.2) is 0 Å². The molecule has 0 fully saturated rings. The normalized spacial score (nSPS) is 9.35. The van der Waals surface area contributed by atoms with Crippen molar-refractivity contribution in [3.8, 4) is 12.3 Å². The number of carboxylic acids is 1. The third-order valence-corrected chi connectivity index (χ3v) is 2.03. The summed E-state index contributed by atoms with van der Waals surface area (Å²) in [5.74, 6) is 1.32. The van der Waals surface area contributed by atoms with Crippen LogP contribution in [0, 0.1) is 22.5 Å². The Bertz CT molecular complexity index is 461. The smallest absolute Gasteiger partial charge is 0.323 e. The molecule has 1 rings (SSSR count). The third kappa shape index (κ3) is 3.50. The Morgan fingerprint density at radius 2 is 2.06 bits per heavy atom. The van der Waals surface area contributed by atoms with Gasteiger partial charge in [-0.05, 0) is 12.1 Å². The van der Waals surface area contributed by atoms with E-state index in [2.05, 4.69) is 5.92 Å². The second kappa shape index (κ2) is 5.51. The Balaban J connectivity index is 2.91. The molecule has 17 heavy (non-hydrogen) atoms. The van der Waals surface area contributed by atoms with Crippen molar-refractivity contribution in [1.82, 2.24) is 0 Å². The van der Waals surface area contributed by atoms with Crippen LogP contribution in [-0.4, -0.2) is 29.1 Å². The van der Waals surface area contributed by atoms with Crippen LogP contribution in [0.2, 0.25) is 0 Å². The molecular weight excluding hydrogens is 224 g/mol.